The largest absolute Gasteiger partial charge is 0.356 e. The second-order valence-corrected chi connectivity index (χ2v) is 20.5. The van der Waals surface area contributed by atoms with E-state index in [4.69, 9.17) is 44.8 Å². The van der Waals surface area contributed by atoms with Crippen molar-refractivity contribution in [2.75, 3.05) is 114 Å². The van der Waals surface area contributed by atoms with Crippen LogP contribution in [0.3, 0.4) is 0 Å². The fourth-order valence-corrected chi connectivity index (χ4v) is 10.1. The van der Waals surface area contributed by atoms with Gasteiger partial charge in [-0.15, -0.1) is 0 Å². The van der Waals surface area contributed by atoms with Crippen molar-refractivity contribution in [3.63, 3.8) is 0 Å². The lowest BCUT2D eigenvalue weighted by atomic mass is 9.95. The van der Waals surface area contributed by atoms with E-state index in [0.717, 1.165) is 89.4 Å². The summed E-state index contributed by atoms with van der Waals surface area (Å²) in [5.74, 6) is 1.04. The van der Waals surface area contributed by atoms with Gasteiger partial charge in [0.15, 0.2) is 11.6 Å². The van der Waals surface area contributed by atoms with Crippen molar-refractivity contribution >= 4 is 113 Å². The van der Waals surface area contributed by atoms with Crippen LogP contribution >= 0.6 is 34.8 Å². The summed E-state index contributed by atoms with van der Waals surface area (Å²) in [5, 5.41) is 23.6. The summed E-state index contributed by atoms with van der Waals surface area (Å²) in [4.78, 5) is 50.5. The second-order valence-electron chi connectivity index (χ2n) is 19.3. The summed E-state index contributed by atoms with van der Waals surface area (Å²) < 4.78 is 32.8. The second kappa shape index (κ2) is 25.0. The van der Waals surface area contributed by atoms with Crippen LogP contribution in [0.1, 0.15) is 30.4 Å². The number of halogens is 5. The molecule has 0 atom stereocenters. The van der Waals surface area contributed by atoms with Crippen LogP contribution in [0.2, 0.25) is 10.0 Å². The summed E-state index contributed by atoms with van der Waals surface area (Å²) in [6.45, 7) is 17.2. The molecule has 0 bridgehead atoms. The van der Waals surface area contributed by atoms with Crippen molar-refractivity contribution in [1.29, 1.82) is 0 Å². The molecule has 404 valence electrons. The fourth-order valence-electron chi connectivity index (χ4n) is 9.53. The minimum Gasteiger partial charge on any atom is -0.356 e. The smallest absolute Gasteiger partial charge is 0.246 e. The van der Waals surface area contributed by atoms with Crippen LogP contribution in [0.5, 0.6) is 0 Å². The number of hydrogen-bond acceptors (Lipinski definition) is 14. The molecule has 1 amide bonds. The first-order valence-electron chi connectivity index (χ1n) is 25.2. The zero-order valence-electron chi connectivity index (χ0n) is 44.0. The average molecular weight is 1110 g/mol. The number of piperazine rings is 1. The quantitative estimate of drug-likeness (QED) is 0.0596. The van der Waals surface area contributed by atoms with Crippen LogP contribution in [0.25, 0.3) is 65.9 Å². The van der Waals surface area contributed by atoms with Crippen LogP contribution in [0.15, 0.2) is 74.1 Å². The number of piperidine rings is 1. The number of carbonyl (C=O) groups excluding carboxylic acids is 2. The number of rotatable bonds is 14. The Bertz CT molecular complexity index is 3480. The number of aromatic nitrogens is 8. The van der Waals surface area contributed by atoms with Gasteiger partial charge in [0, 0.05) is 109 Å². The molecule has 0 spiro atoms. The van der Waals surface area contributed by atoms with E-state index in [1.807, 2.05) is 82.2 Å². The topological polar surface area (TPSA) is 183 Å². The Labute approximate surface area is 460 Å². The number of likely N-dealkylation sites (N-methyl/N-ethyl adjacent to an activating group) is 2. The van der Waals surface area contributed by atoms with E-state index >= 15 is 8.78 Å². The van der Waals surface area contributed by atoms with Gasteiger partial charge in [-0.05, 0) is 120 Å². The highest BCUT2D eigenvalue weighted by atomic mass is 35.5. The molecule has 77 heavy (non-hydrogen) atoms. The third kappa shape index (κ3) is 12.6. The molecule has 0 unspecified atom stereocenters. The van der Waals surface area contributed by atoms with Gasteiger partial charge in [-0.1, -0.05) is 48.5 Å². The van der Waals surface area contributed by atoms with Gasteiger partial charge in [0.25, 0.3) is 0 Å². The third-order valence-electron chi connectivity index (χ3n) is 13.5. The predicted molar refractivity (Wildman–Crippen MR) is 309 cm³/mol. The molecule has 17 nitrogen and oxygen atoms in total. The van der Waals surface area contributed by atoms with E-state index in [-0.39, 0.29) is 27.5 Å². The lowest BCUT2D eigenvalue weighted by Gasteiger charge is -2.35. The number of allylic oxidation sites excluding steroid dienone is 1. The number of aromatic amines is 2. The molecule has 2 aliphatic heterocycles. The minimum absolute atomic E-state index is 0.106. The molecule has 0 radical (unpaired) electrons. The zero-order valence-corrected chi connectivity index (χ0v) is 46.3. The lowest BCUT2D eigenvalue weighted by Crippen LogP contribution is -2.48. The molecule has 10 rings (SSSR count). The predicted octanol–water partition coefficient (Wildman–Crippen LogP) is 10.3. The summed E-state index contributed by atoms with van der Waals surface area (Å²) in [5.41, 5.74) is 5.93. The Morgan fingerprint density at radius 1 is 0.636 bits per heavy atom. The van der Waals surface area contributed by atoms with Crippen molar-refractivity contribution in [2.24, 2.45) is 0 Å². The van der Waals surface area contributed by atoms with Crippen LogP contribution < -0.4 is 20.4 Å². The van der Waals surface area contributed by atoms with E-state index in [2.05, 4.69) is 64.0 Å². The van der Waals surface area contributed by atoms with Crippen molar-refractivity contribution in [3.05, 3.63) is 107 Å². The van der Waals surface area contributed by atoms with Gasteiger partial charge in [0.1, 0.15) is 22.7 Å². The normalized spacial score (nSPS) is 13.8. The van der Waals surface area contributed by atoms with E-state index in [0.29, 0.717) is 83.9 Å². The molecule has 0 aliphatic carbocycles. The number of anilines is 4. The average Bonchev–Trinajstić information content (AvgIpc) is 4.11. The molecule has 4 aromatic carbocycles. The van der Waals surface area contributed by atoms with Crippen LogP contribution in [0, 0.1) is 25.5 Å². The maximum absolute atomic E-state index is 16.5. The Balaban J connectivity index is 0.000000188. The number of fused-ring (bicyclic) bond motifs is 4. The highest BCUT2D eigenvalue weighted by Gasteiger charge is 2.28. The number of nitrogens with one attached hydrogen (secondary N) is 4. The highest BCUT2D eigenvalue weighted by Crippen LogP contribution is 2.44. The lowest BCUT2D eigenvalue weighted by molar-refractivity contribution is -0.126. The molecule has 2 fully saturated rings. The molecule has 4 aromatic heterocycles. The molecular formula is C55H62Cl3F2N15O2. The van der Waals surface area contributed by atoms with Gasteiger partial charge in [0.05, 0.1) is 33.5 Å². The minimum atomic E-state index is -0.510. The number of aryl methyl sites for hydroxylation is 2. The molecular weight excluding hydrogens is 1050 g/mol. The Morgan fingerprint density at radius 3 is 1.47 bits per heavy atom. The standard InChI is InChI=1S/C27H30ClFN8O.C25H29ClFN7.C3H3ClO/c1-5-21(38)36-10-12-37(13-11-36)26-17-14-19(28)23(22-16(2)6-7-20-18(22)15-31-34-20)24(29)25(17)32-27(33-26)30-8-9-35(3)4;1-15-7-8-19-17(14-29-32-19)20(15)21-18(26)13-16-23(22(21)27)30-25(28-9-12-33(2)3)31-24(16)34-10-5-4-6-11-34;1-2-3(4)5/h5-7,14-15H,1,8-13H2,2-4H3,(H,31,34)(H,30,32,33);7-8,13-14H,4-6,9-12H2,1-3H3,(H,29,32)(H,28,30,31);2H,1H2. The first kappa shape index (κ1) is 56.2. The van der Waals surface area contributed by atoms with Crippen LogP contribution in [-0.2, 0) is 9.59 Å². The van der Waals surface area contributed by atoms with E-state index < -0.39 is 16.9 Å². The van der Waals surface area contributed by atoms with Gasteiger partial charge in [-0.2, -0.15) is 20.2 Å². The van der Waals surface area contributed by atoms with Crippen LogP contribution in [0.4, 0.5) is 32.3 Å². The number of benzene rings is 4. The van der Waals surface area contributed by atoms with Gasteiger partial charge in [-0.3, -0.25) is 19.8 Å². The molecule has 8 aromatic rings. The highest BCUT2D eigenvalue weighted by molar-refractivity contribution is 6.66. The SMILES string of the molecule is C=CC(=O)Cl.C=CC(=O)N1CCN(c2nc(NCCN(C)C)nc3c(F)c(-c4c(C)ccc5[nH]ncc45)c(Cl)cc23)CC1.Cc1ccc2[nH]ncc2c1-c1c(Cl)cc2c(N3CCCCC3)nc(NCCN(C)C)nc2c1F. The van der Waals surface area contributed by atoms with Gasteiger partial charge in [0.2, 0.25) is 23.0 Å². The number of nitrogens with zero attached hydrogens (tertiary/aromatic N) is 11. The monoisotopic (exact) mass is 1110 g/mol. The maximum Gasteiger partial charge on any atom is 0.246 e. The Morgan fingerprint density at radius 2 is 1.06 bits per heavy atom. The van der Waals surface area contributed by atoms with Crippen molar-refractivity contribution in [2.45, 2.75) is 33.1 Å². The summed E-state index contributed by atoms with van der Waals surface area (Å²) in [7, 11) is 7.97. The van der Waals surface area contributed by atoms with E-state index in [1.165, 1.54) is 12.5 Å². The van der Waals surface area contributed by atoms with Gasteiger partial charge in [-0.25, -0.2) is 18.7 Å². The number of carbonyl (C=O) groups is 2. The third-order valence-corrected chi connectivity index (χ3v) is 14.2. The summed E-state index contributed by atoms with van der Waals surface area (Å²) in [6.07, 6.45) is 9.13. The van der Waals surface area contributed by atoms with E-state index in [9.17, 15) is 9.59 Å². The molecule has 6 heterocycles. The van der Waals surface area contributed by atoms with Crippen molar-refractivity contribution in [3.8, 4) is 22.3 Å². The molecule has 22 heteroatoms. The van der Waals surface area contributed by atoms with E-state index in [1.54, 1.807) is 23.4 Å². The van der Waals surface area contributed by atoms with Crippen molar-refractivity contribution < 1.29 is 18.4 Å². The zero-order chi connectivity index (χ0) is 55.1. The molecule has 4 N–H and O–H groups in total. The Kier molecular flexibility index (Phi) is 18.2. The van der Waals surface area contributed by atoms with Gasteiger partial charge < -0.3 is 35.1 Å². The summed E-state index contributed by atoms with van der Waals surface area (Å²) >= 11 is 18.3. The Hall–Kier alpha value is -7.03. The number of hydrogen-bond donors (Lipinski definition) is 4. The number of amides is 1. The molecule has 2 aliphatic rings. The fraction of sp³-hybridized carbons (Fsp3) is 0.345. The molecule has 0 saturated carbocycles. The number of H-pyrrole nitrogens is 2. The first-order chi connectivity index (χ1) is 37.0. The van der Waals surface area contributed by atoms with Gasteiger partial charge >= 0.3 is 0 Å². The molecule has 2 saturated heterocycles. The summed E-state index contributed by atoms with van der Waals surface area (Å²) in [6, 6.07) is 11.3. The maximum atomic E-state index is 16.5. The van der Waals surface area contributed by atoms with Crippen LogP contribution in [-0.4, -0.2) is 160 Å². The van der Waals surface area contributed by atoms with Crippen molar-refractivity contribution in [1.82, 2.24) is 55.0 Å². The first-order valence-corrected chi connectivity index (χ1v) is 26.4.